The van der Waals surface area contributed by atoms with E-state index in [1.807, 2.05) is 0 Å². The number of benzene rings is 1. The molecule has 1 aliphatic carbocycles. The minimum atomic E-state index is -1.05. The Morgan fingerprint density at radius 1 is 1.04 bits per heavy atom. The molecule has 1 saturated carbocycles. The Morgan fingerprint density at radius 3 is 2.07 bits per heavy atom. The first kappa shape index (κ1) is 19.5. The minimum absolute atomic E-state index is 0.300. The van der Waals surface area contributed by atoms with Gasteiger partial charge in [0.25, 0.3) is 0 Å². The van der Waals surface area contributed by atoms with Crippen LogP contribution in [-0.4, -0.2) is 40.6 Å². The average molecular weight is 392 g/mol. The molecule has 27 heavy (non-hydrogen) atoms. The lowest BCUT2D eigenvalue weighted by Gasteiger charge is -2.23. The molecule has 1 aromatic rings. The number of esters is 1. The zero-order valence-electron chi connectivity index (χ0n) is 15.3. The molecule has 2 amide bonds. The van der Waals surface area contributed by atoms with Gasteiger partial charge in [0.1, 0.15) is 6.04 Å². The van der Waals surface area contributed by atoms with E-state index < -0.39 is 18.1 Å². The molecule has 7 heteroatoms. The summed E-state index contributed by atoms with van der Waals surface area (Å²) in [5.74, 6) is -2.38. The van der Waals surface area contributed by atoms with E-state index in [4.69, 9.17) is 16.3 Å². The maximum Gasteiger partial charge on any atom is 0.329 e. The van der Waals surface area contributed by atoms with Gasteiger partial charge < -0.3 is 4.74 Å². The highest BCUT2D eigenvalue weighted by atomic mass is 35.5. The van der Waals surface area contributed by atoms with Gasteiger partial charge in [-0.25, -0.2) is 4.79 Å². The van der Waals surface area contributed by atoms with Gasteiger partial charge in [-0.2, -0.15) is 0 Å². The fraction of sp³-hybridized carbons (Fsp3) is 0.500. The smallest absolute Gasteiger partial charge is 0.329 e. The number of amides is 2. The number of likely N-dealkylation sites (tertiary alicyclic amines) is 1. The number of imide groups is 1. The lowest BCUT2D eigenvalue weighted by atomic mass is 9.81. The summed E-state index contributed by atoms with van der Waals surface area (Å²) < 4.78 is 5.25. The molecule has 1 aromatic carbocycles. The van der Waals surface area contributed by atoms with Crippen LogP contribution in [0.15, 0.2) is 24.3 Å². The minimum Gasteiger partial charge on any atom is -0.453 e. The molecule has 0 spiro atoms. The van der Waals surface area contributed by atoms with E-state index in [-0.39, 0.29) is 29.4 Å². The van der Waals surface area contributed by atoms with Crippen molar-refractivity contribution in [2.75, 3.05) is 0 Å². The van der Waals surface area contributed by atoms with Crippen LogP contribution in [0.4, 0.5) is 0 Å². The Bertz CT molecular complexity index is 751. The summed E-state index contributed by atoms with van der Waals surface area (Å²) in [5, 5.41) is 0.498. The van der Waals surface area contributed by atoms with E-state index in [0.29, 0.717) is 23.4 Å². The Kier molecular flexibility index (Phi) is 5.65. The SMILES string of the molecule is CC(OC(=O)[C@H](C)N1C(=O)C2CCCCC2C1=O)C(=O)c1ccc(Cl)cc1. The molecule has 3 unspecified atom stereocenters. The zero-order chi connectivity index (χ0) is 19.7. The molecule has 0 bridgehead atoms. The number of rotatable bonds is 5. The van der Waals surface area contributed by atoms with E-state index in [2.05, 4.69) is 0 Å². The number of hydrogen-bond acceptors (Lipinski definition) is 5. The highest BCUT2D eigenvalue weighted by Crippen LogP contribution is 2.39. The van der Waals surface area contributed by atoms with Gasteiger partial charge in [0.2, 0.25) is 17.6 Å². The van der Waals surface area contributed by atoms with Crippen molar-refractivity contribution >= 4 is 35.2 Å². The maximum absolute atomic E-state index is 12.6. The average Bonchev–Trinajstić information content (AvgIpc) is 2.92. The summed E-state index contributed by atoms with van der Waals surface area (Å²) in [6.45, 7) is 2.93. The van der Waals surface area contributed by atoms with Gasteiger partial charge in [-0.15, -0.1) is 0 Å². The van der Waals surface area contributed by atoms with E-state index in [1.54, 1.807) is 24.3 Å². The molecule has 3 rings (SSSR count). The summed E-state index contributed by atoms with van der Waals surface area (Å²) in [6.07, 6.45) is 2.16. The number of carbonyl (C=O) groups excluding carboxylic acids is 4. The molecule has 0 N–H and O–H groups in total. The lowest BCUT2D eigenvalue weighted by molar-refractivity contribution is -0.159. The van der Waals surface area contributed by atoms with Crippen LogP contribution in [0.2, 0.25) is 5.02 Å². The molecular weight excluding hydrogens is 370 g/mol. The quantitative estimate of drug-likeness (QED) is 0.438. The van der Waals surface area contributed by atoms with Crippen LogP contribution in [0, 0.1) is 11.8 Å². The lowest BCUT2D eigenvalue weighted by Crippen LogP contribution is -2.45. The maximum atomic E-state index is 12.6. The monoisotopic (exact) mass is 391 g/mol. The molecule has 2 aliphatic rings. The van der Waals surface area contributed by atoms with E-state index in [9.17, 15) is 19.2 Å². The number of ketones is 1. The summed E-state index contributed by atoms with van der Waals surface area (Å²) in [7, 11) is 0. The van der Waals surface area contributed by atoms with E-state index in [0.717, 1.165) is 17.7 Å². The van der Waals surface area contributed by atoms with Crippen molar-refractivity contribution in [1.29, 1.82) is 0 Å². The Labute approximate surface area is 162 Å². The van der Waals surface area contributed by atoms with Gasteiger partial charge in [0, 0.05) is 10.6 Å². The van der Waals surface area contributed by atoms with Crippen LogP contribution in [0.1, 0.15) is 49.9 Å². The van der Waals surface area contributed by atoms with Gasteiger partial charge in [-0.3, -0.25) is 19.3 Å². The molecular formula is C20H22ClNO5. The molecule has 1 saturated heterocycles. The molecule has 0 aromatic heterocycles. The summed E-state index contributed by atoms with van der Waals surface area (Å²) in [6, 6.07) is 5.22. The first-order valence-electron chi connectivity index (χ1n) is 9.18. The molecule has 144 valence electrons. The third kappa shape index (κ3) is 3.76. The Hall–Kier alpha value is -2.21. The molecule has 4 atom stereocenters. The number of nitrogens with zero attached hydrogens (tertiary/aromatic N) is 1. The fourth-order valence-electron chi connectivity index (χ4n) is 3.85. The van der Waals surface area contributed by atoms with Gasteiger partial charge in [-0.1, -0.05) is 24.4 Å². The number of ether oxygens (including phenoxy) is 1. The van der Waals surface area contributed by atoms with Crippen molar-refractivity contribution < 1.29 is 23.9 Å². The first-order chi connectivity index (χ1) is 12.8. The largest absolute Gasteiger partial charge is 0.453 e. The van der Waals surface area contributed by atoms with Crippen molar-refractivity contribution in [3.63, 3.8) is 0 Å². The van der Waals surface area contributed by atoms with Crippen LogP contribution in [0.3, 0.4) is 0 Å². The number of Topliss-reactive ketones (excluding diaryl/α,β-unsaturated/α-hetero) is 1. The van der Waals surface area contributed by atoms with Crippen molar-refractivity contribution in [2.45, 2.75) is 51.7 Å². The third-order valence-electron chi connectivity index (χ3n) is 5.39. The van der Waals surface area contributed by atoms with Crippen LogP contribution < -0.4 is 0 Å². The van der Waals surface area contributed by atoms with E-state index in [1.165, 1.54) is 13.8 Å². The molecule has 6 nitrogen and oxygen atoms in total. The van der Waals surface area contributed by atoms with Gasteiger partial charge in [-0.05, 0) is 51.0 Å². The van der Waals surface area contributed by atoms with Crippen molar-refractivity contribution in [3.05, 3.63) is 34.9 Å². The van der Waals surface area contributed by atoms with Crippen molar-refractivity contribution in [3.8, 4) is 0 Å². The second kappa shape index (κ2) is 7.80. The number of halogens is 1. The number of fused-ring (bicyclic) bond motifs is 1. The second-order valence-corrected chi connectivity index (χ2v) is 7.61. The van der Waals surface area contributed by atoms with Crippen molar-refractivity contribution in [2.24, 2.45) is 11.8 Å². The summed E-state index contributed by atoms with van der Waals surface area (Å²) >= 11 is 5.81. The topological polar surface area (TPSA) is 80.8 Å². The van der Waals surface area contributed by atoms with Gasteiger partial charge in [0.05, 0.1) is 11.8 Å². The Balaban J connectivity index is 1.66. The summed E-state index contributed by atoms with van der Waals surface area (Å²) in [4.78, 5) is 51.1. The second-order valence-electron chi connectivity index (χ2n) is 7.17. The van der Waals surface area contributed by atoms with Crippen LogP contribution in [-0.2, 0) is 19.1 Å². The van der Waals surface area contributed by atoms with Crippen LogP contribution in [0.5, 0.6) is 0 Å². The zero-order valence-corrected chi connectivity index (χ0v) is 16.1. The van der Waals surface area contributed by atoms with Gasteiger partial charge >= 0.3 is 5.97 Å². The number of hydrogen-bond donors (Lipinski definition) is 0. The first-order valence-corrected chi connectivity index (χ1v) is 9.56. The third-order valence-corrected chi connectivity index (χ3v) is 5.65. The fourth-order valence-corrected chi connectivity index (χ4v) is 3.98. The predicted molar refractivity (Wildman–Crippen MR) is 98.1 cm³/mol. The van der Waals surface area contributed by atoms with Gasteiger partial charge in [0.15, 0.2) is 6.10 Å². The van der Waals surface area contributed by atoms with Crippen LogP contribution in [0.25, 0.3) is 0 Å². The predicted octanol–water partition coefficient (Wildman–Crippen LogP) is 3.02. The standard InChI is InChI=1S/C20H22ClNO5/c1-11(22-18(24)15-5-3-4-6-16(15)19(22)25)20(26)27-12(2)17(23)13-7-9-14(21)10-8-13/h7-12,15-16H,3-6H2,1-2H3/t11-,12?,15?,16?/m0/s1. The Morgan fingerprint density at radius 2 is 1.56 bits per heavy atom. The molecule has 2 fully saturated rings. The van der Waals surface area contributed by atoms with Crippen LogP contribution >= 0.6 is 11.6 Å². The highest BCUT2D eigenvalue weighted by Gasteiger charge is 2.51. The molecule has 0 radical (unpaired) electrons. The summed E-state index contributed by atoms with van der Waals surface area (Å²) in [5.41, 5.74) is 0.367. The van der Waals surface area contributed by atoms with Crippen molar-refractivity contribution in [1.82, 2.24) is 4.90 Å². The normalized spacial score (nSPS) is 24.3. The highest BCUT2D eigenvalue weighted by molar-refractivity contribution is 6.30. The number of carbonyl (C=O) groups is 4. The molecule has 1 heterocycles. The molecule has 1 aliphatic heterocycles. The van der Waals surface area contributed by atoms with E-state index >= 15 is 0 Å².